The first-order valence-electron chi connectivity index (χ1n) is 8.49. The lowest BCUT2D eigenvalue weighted by Crippen LogP contribution is -2.46. The van der Waals surface area contributed by atoms with Crippen LogP contribution in [0.25, 0.3) is 0 Å². The minimum atomic E-state index is -0.564. The Balaban J connectivity index is 2.14. The van der Waals surface area contributed by atoms with Crippen LogP contribution in [0.1, 0.15) is 44.2 Å². The molecule has 136 valence electrons. The largest absolute Gasteiger partial charge is 0.444 e. The van der Waals surface area contributed by atoms with E-state index in [-0.39, 0.29) is 31.0 Å². The highest BCUT2D eigenvalue weighted by atomic mass is 19.1. The van der Waals surface area contributed by atoms with Gasteiger partial charge in [0, 0.05) is 31.2 Å². The molecule has 1 aliphatic rings. The first-order valence-corrected chi connectivity index (χ1v) is 8.49. The lowest BCUT2D eigenvalue weighted by Gasteiger charge is -2.38. The van der Waals surface area contributed by atoms with Crippen molar-refractivity contribution in [3.63, 3.8) is 0 Å². The standard InChI is InChI=1S/C19H25FN2O3/c1-19(2,3)25-18(24)22-9-7-16(15(11-22)12-23)13-4-5-17(20)14(10-13)6-8-21/h4-5,10,15-16,23H,6-7,9,11-12H2,1-3H3/t15-,16-/m0/s1. The van der Waals surface area contributed by atoms with Gasteiger partial charge in [0.25, 0.3) is 0 Å². The topological polar surface area (TPSA) is 73.6 Å². The highest BCUT2D eigenvalue weighted by molar-refractivity contribution is 5.68. The van der Waals surface area contributed by atoms with Crippen LogP contribution in [0, 0.1) is 23.1 Å². The zero-order valence-electron chi connectivity index (χ0n) is 15.0. The maximum atomic E-state index is 13.8. The Morgan fingerprint density at radius 3 is 2.80 bits per heavy atom. The van der Waals surface area contributed by atoms with Gasteiger partial charge in [-0.2, -0.15) is 5.26 Å². The zero-order chi connectivity index (χ0) is 18.6. The summed E-state index contributed by atoms with van der Waals surface area (Å²) in [5.74, 6) is -0.527. The quantitative estimate of drug-likeness (QED) is 0.910. The fraction of sp³-hybridized carbons (Fsp3) is 0.579. The van der Waals surface area contributed by atoms with Crippen LogP contribution in [0.2, 0.25) is 0 Å². The van der Waals surface area contributed by atoms with E-state index in [0.29, 0.717) is 25.1 Å². The Morgan fingerprint density at radius 2 is 2.20 bits per heavy atom. The zero-order valence-corrected chi connectivity index (χ0v) is 15.0. The number of hydrogen-bond donors (Lipinski definition) is 1. The molecule has 1 N–H and O–H groups in total. The minimum Gasteiger partial charge on any atom is -0.444 e. The fourth-order valence-corrected chi connectivity index (χ4v) is 3.19. The number of aliphatic hydroxyl groups is 1. The number of halogens is 1. The SMILES string of the molecule is CC(C)(C)OC(=O)N1CC[C@@H](c2ccc(F)c(CC#N)c2)[C@H](CO)C1. The van der Waals surface area contributed by atoms with Gasteiger partial charge in [0.1, 0.15) is 11.4 Å². The van der Waals surface area contributed by atoms with Crippen LogP contribution in [0.3, 0.4) is 0 Å². The molecule has 5 nitrogen and oxygen atoms in total. The molecule has 0 radical (unpaired) electrons. The van der Waals surface area contributed by atoms with Gasteiger partial charge in [-0.05, 0) is 44.7 Å². The van der Waals surface area contributed by atoms with E-state index in [1.165, 1.54) is 6.07 Å². The van der Waals surface area contributed by atoms with Crippen molar-refractivity contribution in [1.82, 2.24) is 4.90 Å². The lowest BCUT2D eigenvalue weighted by molar-refractivity contribution is 0.0102. The van der Waals surface area contributed by atoms with E-state index in [1.807, 2.05) is 26.8 Å². The Kier molecular flexibility index (Phi) is 6.02. The van der Waals surface area contributed by atoms with Crippen LogP contribution in [0.5, 0.6) is 0 Å². The van der Waals surface area contributed by atoms with Crippen molar-refractivity contribution in [3.05, 3.63) is 35.1 Å². The van der Waals surface area contributed by atoms with Crippen LogP contribution < -0.4 is 0 Å². The molecule has 0 unspecified atom stereocenters. The number of nitrogens with zero attached hydrogens (tertiary/aromatic N) is 2. The molecule has 0 bridgehead atoms. The van der Waals surface area contributed by atoms with Crippen molar-refractivity contribution in [1.29, 1.82) is 5.26 Å². The van der Waals surface area contributed by atoms with E-state index in [0.717, 1.165) is 5.56 Å². The molecule has 1 amide bonds. The predicted molar refractivity (Wildman–Crippen MR) is 91.5 cm³/mol. The summed E-state index contributed by atoms with van der Waals surface area (Å²) in [5.41, 5.74) is 0.701. The first-order chi connectivity index (χ1) is 11.7. The van der Waals surface area contributed by atoms with E-state index >= 15 is 0 Å². The van der Waals surface area contributed by atoms with Crippen molar-refractivity contribution < 1.29 is 19.0 Å². The van der Waals surface area contributed by atoms with E-state index in [9.17, 15) is 14.3 Å². The maximum Gasteiger partial charge on any atom is 0.410 e. The van der Waals surface area contributed by atoms with Gasteiger partial charge in [-0.25, -0.2) is 9.18 Å². The van der Waals surface area contributed by atoms with Crippen molar-refractivity contribution in [3.8, 4) is 6.07 Å². The Labute approximate surface area is 148 Å². The number of hydrogen-bond acceptors (Lipinski definition) is 4. The van der Waals surface area contributed by atoms with Crippen molar-refractivity contribution in [2.24, 2.45) is 5.92 Å². The van der Waals surface area contributed by atoms with E-state index in [1.54, 1.807) is 17.0 Å². The molecule has 1 aromatic carbocycles. The Morgan fingerprint density at radius 1 is 1.48 bits per heavy atom. The number of amides is 1. The number of benzene rings is 1. The normalized spacial score (nSPS) is 20.9. The number of nitriles is 1. The number of carbonyl (C=O) groups is 1. The second kappa shape index (κ2) is 7.83. The predicted octanol–water partition coefficient (Wildman–Crippen LogP) is 3.22. The summed E-state index contributed by atoms with van der Waals surface area (Å²) in [6.07, 6.45) is 0.288. The third-order valence-electron chi connectivity index (χ3n) is 4.39. The number of ether oxygens (including phenoxy) is 1. The number of piperidine rings is 1. The molecule has 25 heavy (non-hydrogen) atoms. The van der Waals surface area contributed by atoms with Gasteiger partial charge in [0.05, 0.1) is 12.5 Å². The molecule has 1 aromatic rings. The van der Waals surface area contributed by atoms with Gasteiger partial charge in [0.15, 0.2) is 0 Å². The number of carbonyl (C=O) groups excluding carboxylic acids is 1. The smallest absolute Gasteiger partial charge is 0.410 e. The minimum absolute atomic E-state index is 0.0141. The second-order valence-electron chi connectivity index (χ2n) is 7.45. The summed E-state index contributed by atoms with van der Waals surface area (Å²) in [5, 5.41) is 18.6. The summed E-state index contributed by atoms with van der Waals surface area (Å²) in [7, 11) is 0. The van der Waals surface area contributed by atoms with Gasteiger partial charge < -0.3 is 14.7 Å². The van der Waals surface area contributed by atoms with Gasteiger partial charge in [-0.1, -0.05) is 12.1 Å². The van der Waals surface area contributed by atoms with Gasteiger partial charge in [-0.3, -0.25) is 0 Å². The third kappa shape index (κ3) is 4.93. The van der Waals surface area contributed by atoms with Crippen LogP contribution in [-0.2, 0) is 11.2 Å². The lowest BCUT2D eigenvalue weighted by atomic mass is 9.80. The maximum absolute atomic E-state index is 13.8. The molecule has 0 aromatic heterocycles. The van der Waals surface area contributed by atoms with Crippen LogP contribution in [0.15, 0.2) is 18.2 Å². The molecule has 0 spiro atoms. The molecule has 1 aliphatic heterocycles. The molecular weight excluding hydrogens is 323 g/mol. The fourth-order valence-electron chi connectivity index (χ4n) is 3.19. The molecular formula is C19H25FN2O3. The van der Waals surface area contributed by atoms with Crippen LogP contribution in [0.4, 0.5) is 9.18 Å². The summed E-state index contributed by atoms with van der Waals surface area (Å²) in [4.78, 5) is 13.9. The molecule has 1 saturated heterocycles. The van der Waals surface area contributed by atoms with Crippen molar-refractivity contribution >= 4 is 6.09 Å². The molecule has 1 heterocycles. The summed E-state index contributed by atoms with van der Waals surface area (Å²) < 4.78 is 19.2. The highest BCUT2D eigenvalue weighted by Crippen LogP contribution is 2.34. The first kappa shape index (κ1) is 19.2. The van der Waals surface area contributed by atoms with Gasteiger partial charge >= 0.3 is 6.09 Å². The summed E-state index contributed by atoms with van der Waals surface area (Å²) in [6.45, 7) is 6.28. The number of likely N-dealkylation sites (tertiary alicyclic amines) is 1. The van der Waals surface area contributed by atoms with E-state index in [2.05, 4.69) is 0 Å². The molecule has 6 heteroatoms. The van der Waals surface area contributed by atoms with E-state index < -0.39 is 11.4 Å². The van der Waals surface area contributed by atoms with Crippen molar-refractivity contribution in [2.75, 3.05) is 19.7 Å². The Bertz CT molecular complexity index is 664. The van der Waals surface area contributed by atoms with Gasteiger partial charge in [-0.15, -0.1) is 0 Å². The molecule has 0 saturated carbocycles. The van der Waals surface area contributed by atoms with Gasteiger partial charge in [0.2, 0.25) is 0 Å². The third-order valence-corrected chi connectivity index (χ3v) is 4.39. The summed E-state index contributed by atoms with van der Waals surface area (Å²) in [6, 6.07) is 6.74. The second-order valence-corrected chi connectivity index (χ2v) is 7.45. The average molecular weight is 348 g/mol. The summed E-state index contributed by atoms with van der Waals surface area (Å²) >= 11 is 0. The molecule has 2 atom stereocenters. The van der Waals surface area contributed by atoms with Crippen LogP contribution >= 0.6 is 0 Å². The molecule has 1 fully saturated rings. The monoisotopic (exact) mass is 348 g/mol. The number of rotatable bonds is 3. The number of aliphatic hydroxyl groups excluding tert-OH is 1. The average Bonchev–Trinajstić information content (AvgIpc) is 2.55. The van der Waals surface area contributed by atoms with E-state index in [4.69, 9.17) is 10.00 Å². The highest BCUT2D eigenvalue weighted by Gasteiger charge is 2.34. The Hall–Kier alpha value is -2.13. The van der Waals surface area contributed by atoms with Crippen molar-refractivity contribution in [2.45, 2.75) is 45.1 Å². The molecule has 0 aliphatic carbocycles. The molecule has 2 rings (SSSR count). The van der Waals surface area contributed by atoms with Crippen LogP contribution in [-0.4, -0.2) is 41.4 Å².